The van der Waals surface area contributed by atoms with E-state index in [1.165, 1.54) is 6.07 Å². The highest BCUT2D eigenvalue weighted by Crippen LogP contribution is 2.20. The molecule has 1 atom stereocenters. The van der Waals surface area contributed by atoms with Gasteiger partial charge < -0.3 is 14.8 Å². The van der Waals surface area contributed by atoms with E-state index in [9.17, 15) is 14.4 Å². The number of likely N-dealkylation sites (N-methyl/N-ethyl adjacent to an activating group) is 1. The minimum absolute atomic E-state index is 0.0642. The predicted molar refractivity (Wildman–Crippen MR) is 88.5 cm³/mol. The molecular formula is C17H22N4O3. The molecule has 0 radical (unpaired) electrons. The average molecular weight is 330 g/mol. The highest BCUT2D eigenvalue weighted by atomic mass is 16.2. The second-order valence-corrected chi connectivity index (χ2v) is 6.08. The Morgan fingerprint density at radius 2 is 2.12 bits per heavy atom. The number of hydrogen-bond acceptors (Lipinski definition) is 4. The first-order valence-electron chi connectivity index (χ1n) is 8.10. The zero-order chi connectivity index (χ0) is 17.9. The van der Waals surface area contributed by atoms with Gasteiger partial charge in [0.2, 0.25) is 5.91 Å². The number of aromatic nitrogens is 1. The number of amides is 2. The van der Waals surface area contributed by atoms with Gasteiger partial charge in [0, 0.05) is 25.8 Å². The van der Waals surface area contributed by atoms with Crippen molar-refractivity contribution in [3.8, 4) is 6.07 Å². The molecule has 0 unspecified atom stereocenters. The maximum atomic E-state index is 12.9. The molecule has 7 heteroatoms. The van der Waals surface area contributed by atoms with Crippen molar-refractivity contribution < 1.29 is 9.59 Å². The summed E-state index contributed by atoms with van der Waals surface area (Å²) in [7, 11) is 1.74. The van der Waals surface area contributed by atoms with Gasteiger partial charge >= 0.3 is 0 Å². The number of nitrogens with one attached hydrogen (secondary N) is 1. The van der Waals surface area contributed by atoms with E-state index in [4.69, 9.17) is 5.26 Å². The number of nitrogens with zero attached hydrogens (tertiary/aromatic N) is 3. The van der Waals surface area contributed by atoms with Crippen LogP contribution in [0, 0.1) is 18.3 Å². The fourth-order valence-corrected chi connectivity index (χ4v) is 2.91. The molecule has 2 heterocycles. The van der Waals surface area contributed by atoms with Crippen LogP contribution in [0.1, 0.15) is 47.8 Å². The van der Waals surface area contributed by atoms with E-state index in [1.54, 1.807) is 29.8 Å². The highest BCUT2D eigenvalue weighted by molar-refractivity contribution is 5.99. The van der Waals surface area contributed by atoms with Gasteiger partial charge in [-0.15, -0.1) is 0 Å². The van der Waals surface area contributed by atoms with Crippen molar-refractivity contribution in [1.29, 1.82) is 5.26 Å². The minimum atomic E-state index is -0.511. The Kier molecular flexibility index (Phi) is 5.39. The Morgan fingerprint density at radius 3 is 2.75 bits per heavy atom. The molecule has 1 aromatic heterocycles. The molecule has 1 aromatic rings. The number of hydrogen-bond donors (Lipinski definition) is 1. The van der Waals surface area contributed by atoms with Crippen LogP contribution in [0.4, 0.5) is 0 Å². The van der Waals surface area contributed by atoms with Gasteiger partial charge in [-0.2, -0.15) is 5.26 Å². The van der Waals surface area contributed by atoms with Crippen molar-refractivity contribution in [2.45, 2.75) is 39.2 Å². The van der Waals surface area contributed by atoms with E-state index < -0.39 is 11.6 Å². The number of pyridine rings is 1. The Bertz CT molecular complexity index is 747. The van der Waals surface area contributed by atoms with Gasteiger partial charge in [0.1, 0.15) is 17.7 Å². The maximum absolute atomic E-state index is 12.9. The van der Waals surface area contributed by atoms with Crippen LogP contribution in [0.15, 0.2) is 10.9 Å². The predicted octanol–water partition coefficient (Wildman–Crippen LogP) is 1.03. The number of carbonyl (C=O) groups is 2. The molecule has 24 heavy (non-hydrogen) atoms. The lowest BCUT2D eigenvalue weighted by molar-refractivity contribution is -0.138. The average Bonchev–Trinajstić information content (AvgIpc) is 2.55. The first-order chi connectivity index (χ1) is 11.4. The number of carbonyl (C=O) groups excluding carboxylic acids is 2. The summed E-state index contributed by atoms with van der Waals surface area (Å²) in [4.78, 5) is 42.8. The van der Waals surface area contributed by atoms with E-state index in [0.717, 1.165) is 12.8 Å². The zero-order valence-corrected chi connectivity index (χ0v) is 14.3. The number of H-pyrrole nitrogens is 1. The lowest BCUT2D eigenvalue weighted by Gasteiger charge is -2.39. The third kappa shape index (κ3) is 3.32. The molecule has 2 amide bonds. The van der Waals surface area contributed by atoms with E-state index in [1.807, 2.05) is 6.92 Å². The second-order valence-electron chi connectivity index (χ2n) is 6.08. The van der Waals surface area contributed by atoms with Crippen LogP contribution in [0.5, 0.6) is 0 Å². The number of rotatable bonds is 4. The third-order valence-corrected chi connectivity index (χ3v) is 4.39. The summed E-state index contributed by atoms with van der Waals surface area (Å²) in [6.07, 6.45) is 2.40. The number of piperazine rings is 1. The summed E-state index contributed by atoms with van der Waals surface area (Å²) in [6.45, 7) is 4.57. The molecule has 1 fully saturated rings. The largest absolute Gasteiger partial charge is 0.342 e. The van der Waals surface area contributed by atoms with Crippen LogP contribution >= 0.6 is 0 Å². The zero-order valence-electron chi connectivity index (χ0n) is 14.3. The van der Waals surface area contributed by atoms with Crippen molar-refractivity contribution in [3.05, 3.63) is 33.2 Å². The van der Waals surface area contributed by atoms with Crippen LogP contribution in [-0.4, -0.2) is 52.8 Å². The first kappa shape index (κ1) is 17.7. The van der Waals surface area contributed by atoms with Crippen LogP contribution in [-0.2, 0) is 4.79 Å². The summed E-state index contributed by atoms with van der Waals surface area (Å²) >= 11 is 0. The second kappa shape index (κ2) is 7.30. The van der Waals surface area contributed by atoms with Gasteiger partial charge in [-0.1, -0.05) is 19.8 Å². The highest BCUT2D eigenvalue weighted by Gasteiger charge is 2.36. The molecule has 0 spiro atoms. The quantitative estimate of drug-likeness (QED) is 0.891. The van der Waals surface area contributed by atoms with Crippen LogP contribution in [0.25, 0.3) is 0 Å². The number of unbranched alkanes of at least 4 members (excludes halogenated alkanes) is 1. The van der Waals surface area contributed by atoms with Crippen LogP contribution < -0.4 is 5.56 Å². The summed E-state index contributed by atoms with van der Waals surface area (Å²) < 4.78 is 0. The van der Waals surface area contributed by atoms with Crippen molar-refractivity contribution in [3.63, 3.8) is 0 Å². The van der Waals surface area contributed by atoms with Gasteiger partial charge in [0.05, 0.1) is 5.56 Å². The van der Waals surface area contributed by atoms with Crippen molar-refractivity contribution in [2.24, 2.45) is 0 Å². The topological polar surface area (TPSA) is 97.3 Å². The third-order valence-electron chi connectivity index (χ3n) is 4.39. The molecule has 1 aliphatic heterocycles. The van der Waals surface area contributed by atoms with Gasteiger partial charge in [-0.3, -0.25) is 14.4 Å². The monoisotopic (exact) mass is 330 g/mol. The smallest absolute Gasteiger partial charge is 0.266 e. The molecule has 1 saturated heterocycles. The Hall–Kier alpha value is -2.62. The SMILES string of the molecule is CCCC[C@H]1C(=O)N(C)CCN1C(=O)c1cc(C#N)c(=O)[nH]c1C. The number of nitriles is 1. The molecular weight excluding hydrogens is 308 g/mol. The van der Waals surface area contributed by atoms with Crippen molar-refractivity contribution >= 4 is 11.8 Å². The molecule has 128 valence electrons. The lowest BCUT2D eigenvalue weighted by Crippen LogP contribution is -2.57. The van der Waals surface area contributed by atoms with Gasteiger partial charge in [0.25, 0.3) is 11.5 Å². The van der Waals surface area contributed by atoms with E-state index >= 15 is 0 Å². The van der Waals surface area contributed by atoms with E-state index in [-0.39, 0.29) is 22.9 Å². The molecule has 7 nitrogen and oxygen atoms in total. The summed E-state index contributed by atoms with van der Waals surface area (Å²) in [5, 5.41) is 9.02. The molecule has 1 N–H and O–H groups in total. The van der Waals surface area contributed by atoms with Crippen molar-refractivity contribution in [1.82, 2.24) is 14.8 Å². The maximum Gasteiger partial charge on any atom is 0.266 e. The molecule has 0 bridgehead atoms. The molecule has 0 saturated carbocycles. The van der Waals surface area contributed by atoms with Crippen LogP contribution in [0.3, 0.4) is 0 Å². The Morgan fingerprint density at radius 1 is 1.42 bits per heavy atom. The minimum Gasteiger partial charge on any atom is -0.342 e. The van der Waals surface area contributed by atoms with Gasteiger partial charge in [-0.25, -0.2) is 0 Å². The van der Waals surface area contributed by atoms with Gasteiger partial charge in [0.15, 0.2) is 0 Å². The summed E-state index contributed by atoms with van der Waals surface area (Å²) in [5.74, 6) is -0.381. The molecule has 2 rings (SSSR count). The Balaban J connectivity index is 2.38. The fraction of sp³-hybridized carbons (Fsp3) is 0.529. The fourth-order valence-electron chi connectivity index (χ4n) is 2.91. The van der Waals surface area contributed by atoms with Gasteiger partial charge in [-0.05, 0) is 19.4 Å². The summed E-state index contributed by atoms with van der Waals surface area (Å²) in [5.41, 5.74) is 0.0627. The van der Waals surface area contributed by atoms with Crippen molar-refractivity contribution in [2.75, 3.05) is 20.1 Å². The molecule has 0 aromatic carbocycles. The standard InChI is InChI=1S/C17H22N4O3/c1-4-5-6-14-17(24)20(3)7-8-21(14)16(23)13-9-12(10-18)15(22)19-11(13)2/h9,14H,4-8H2,1-3H3,(H,19,22)/t14-/m0/s1. The molecule has 1 aliphatic rings. The first-order valence-corrected chi connectivity index (χ1v) is 8.10. The normalized spacial score (nSPS) is 17.8. The van der Waals surface area contributed by atoms with E-state index in [0.29, 0.717) is 25.2 Å². The molecule has 0 aliphatic carbocycles. The number of aryl methyl sites for hydroxylation is 1. The Labute approximate surface area is 140 Å². The number of aromatic amines is 1. The van der Waals surface area contributed by atoms with Crippen LogP contribution in [0.2, 0.25) is 0 Å². The summed E-state index contributed by atoms with van der Waals surface area (Å²) in [6, 6.07) is 2.62. The lowest BCUT2D eigenvalue weighted by atomic mass is 10.0. The van der Waals surface area contributed by atoms with E-state index in [2.05, 4.69) is 4.98 Å².